The third-order valence-corrected chi connectivity index (χ3v) is 5.88. The third kappa shape index (κ3) is 2.22. The fourth-order valence-corrected chi connectivity index (χ4v) is 4.23. The average Bonchev–Trinajstić information content (AvgIpc) is 3.43. The van der Waals surface area contributed by atoms with E-state index in [1.165, 1.54) is 6.07 Å². The van der Waals surface area contributed by atoms with Crippen molar-refractivity contribution in [3.05, 3.63) is 29.1 Å². The van der Waals surface area contributed by atoms with Crippen molar-refractivity contribution in [2.75, 3.05) is 6.61 Å². The van der Waals surface area contributed by atoms with Crippen molar-refractivity contribution < 1.29 is 27.8 Å². The highest BCUT2D eigenvalue weighted by Crippen LogP contribution is 2.72. The Labute approximate surface area is 137 Å². The van der Waals surface area contributed by atoms with Crippen LogP contribution in [0.3, 0.4) is 0 Å². The molecule has 130 valence electrons. The second-order valence-corrected chi connectivity index (χ2v) is 7.32. The zero-order valence-corrected chi connectivity index (χ0v) is 13.2. The maximum Gasteiger partial charge on any atom is 0.338 e. The second-order valence-electron chi connectivity index (χ2n) is 7.32. The van der Waals surface area contributed by atoms with E-state index in [2.05, 4.69) is 0 Å². The van der Waals surface area contributed by atoms with E-state index in [4.69, 9.17) is 9.84 Å². The monoisotopic (exact) mass is 340 g/mol. The molecule has 24 heavy (non-hydrogen) atoms. The van der Waals surface area contributed by atoms with Crippen LogP contribution in [0.15, 0.2) is 12.1 Å². The second kappa shape index (κ2) is 5.14. The molecule has 0 aromatic heterocycles. The van der Waals surface area contributed by atoms with E-state index in [0.717, 1.165) is 31.7 Å². The molecule has 1 aromatic carbocycles. The topological polar surface area (TPSA) is 46.5 Å². The van der Waals surface area contributed by atoms with Gasteiger partial charge in [0, 0.05) is 12.0 Å². The summed E-state index contributed by atoms with van der Waals surface area (Å²) < 4.78 is 47.9. The average molecular weight is 340 g/mol. The number of carboxylic acids is 1. The minimum absolute atomic E-state index is 0.129. The van der Waals surface area contributed by atoms with E-state index < -0.39 is 34.6 Å². The highest BCUT2D eigenvalue weighted by Gasteiger charge is 2.80. The number of carbonyl (C=O) groups is 1. The number of fused-ring (bicyclic) bond motifs is 1. The SMILES string of the molecule is O=C(O)c1cc(C2CC2)c(OC[C@]23CCCC[C@H]2C3(F)F)cc1F. The zero-order chi connectivity index (χ0) is 17.1. The summed E-state index contributed by atoms with van der Waals surface area (Å²) in [6.45, 7) is -0.129. The Hall–Kier alpha value is -1.72. The molecule has 3 aliphatic rings. The van der Waals surface area contributed by atoms with Gasteiger partial charge in [0.1, 0.15) is 18.2 Å². The van der Waals surface area contributed by atoms with Gasteiger partial charge in [0.15, 0.2) is 0 Å². The fraction of sp³-hybridized carbons (Fsp3) is 0.611. The summed E-state index contributed by atoms with van der Waals surface area (Å²) in [5.41, 5.74) is -0.884. The molecule has 0 unspecified atom stereocenters. The highest BCUT2D eigenvalue weighted by molar-refractivity contribution is 5.88. The molecule has 0 bridgehead atoms. The minimum Gasteiger partial charge on any atom is -0.492 e. The number of alkyl halides is 2. The minimum atomic E-state index is -2.71. The molecule has 2 atom stereocenters. The molecule has 0 radical (unpaired) electrons. The summed E-state index contributed by atoms with van der Waals surface area (Å²) in [4.78, 5) is 11.1. The molecule has 3 aliphatic carbocycles. The molecule has 1 N–H and O–H groups in total. The first-order chi connectivity index (χ1) is 11.4. The van der Waals surface area contributed by atoms with Crippen LogP contribution in [0.2, 0.25) is 0 Å². The summed E-state index contributed by atoms with van der Waals surface area (Å²) in [6, 6.07) is 2.35. The van der Waals surface area contributed by atoms with Crippen molar-refractivity contribution in [2.45, 2.75) is 50.4 Å². The number of hydrogen-bond acceptors (Lipinski definition) is 2. The first kappa shape index (κ1) is 15.8. The molecular formula is C18H19F3O3. The van der Waals surface area contributed by atoms with Crippen LogP contribution in [0.1, 0.15) is 60.4 Å². The predicted molar refractivity (Wildman–Crippen MR) is 80.2 cm³/mol. The third-order valence-electron chi connectivity index (χ3n) is 5.88. The number of carboxylic acid groups (broad SMARTS) is 1. The van der Waals surface area contributed by atoms with E-state index >= 15 is 0 Å². The van der Waals surface area contributed by atoms with Crippen LogP contribution in [0, 0.1) is 17.2 Å². The number of rotatable bonds is 5. The van der Waals surface area contributed by atoms with Gasteiger partial charge in [0.25, 0.3) is 5.92 Å². The lowest BCUT2D eigenvalue weighted by Gasteiger charge is -2.22. The van der Waals surface area contributed by atoms with Crippen molar-refractivity contribution in [3.8, 4) is 5.75 Å². The van der Waals surface area contributed by atoms with Gasteiger partial charge in [-0.15, -0.1) is 0 Å². The van der Waals surface area contributed by atoms with Crippen molar-refractivity contribution >= 4 is 5.97 Å². The van der Waals surface area contributed by atoms with Crippen LogP contribution in [0.4, 0.5) is 13.2 Å². The van der Waals surface area contributed by atoms with Crippen LogP contribution >= 0.6 is 0 Å². The normalized spacial score (nSPS) is 30.5. The Balaban J connectivity index is 1.59. The van der Waals surface area contributed by atoms with E-state index in [0.29, 0.717) is 18.4 Å². The fourth-order valence-electron chi connectivity index (χ4n) is 4.23. The molecule has 6 heteroatoms. The summed E-state index contributed by atoms with van der Waals surface area (Å²) in [7, 11) is 0. The van der Waals surface area contributed by atoms with Crippen LogP contribution < -0.4 is 4.74 Å². The van der Waals surface area contributed by atoms with Gasteiger partial charge in [-0.3, -0.25) is 0 Å². The van der Waals surface area contributed by atoms with Crippen molar-refractivity contribution in [3.63, 3.8) is 0 Å². The highest BCUT2D eigenvalue weighted by atomic mass is 19.3. The van der Waals surface area contributed by atoms with E-state index in [-0.39, 0.29) is 18.3 Å². The Bertz CT molecular complexity index is 699. The lowest BCUT2D eigenvalue weighted by atomic mass is 9.89. The van der Waals surface area contributed by atoms with Gasteiger partial charge in [0.2, 0.25) is 0 Å². The molecule has 0 amide bonds. The Kier molecular flexibility index (Phi) is 3.38. The van der Waals surface area contributed by atoms with E-state index in [9.17, 15) is 18.0 Å². The molecule has 3 nitrogen and oxygen atoms in total. The van der Waals surface area contributed by atoms with E-state index in [1.807, 2.05) is 0 Å². The Morgan fingerprint density at radius 3 is 2.62 bits per heavy atom. The van der Waals surface area contributed by atoms with Gasteiger partial charge in [0.05, 0.1) is 11.0 Å². The van der Waals surface area contributed by atoms with Crippen LogP contribution in [-0.2, 0) is 0 Å². The lowest BCUT2D eigenvalue weighted by molar-refractivity contribution is 0.0368. The summed E-state index contributed by atoms with van der Waals surface area (Å²) in [5, 5.41) is 9.05. The zero-order valence-electron chi connectivity index (χ0n) is 13.2. The van der Waals surface area contributed by atoms with E-state index in [1.54, 1.807) is 0 Å². The molecule has 0 saturated heterocycles. The quantitative estimate of drug-likeness (QED) is 0.852. The molecule has 3 fully saturated rings. The molecule has 3 saturated carbocycles. The van der Waals surface area contributed by atoms with Crippen LogP contribution in [0.25, 0.3) is 0 Å². The summed E-state index contributed by atoms with van der Waals surface area (Å²) >= 11 is 0. The number of halogens is 3. The van der Waals surface area contributed by atoms with Gasteiger partial charge in [-0.2, -0.15) is 0 Å². The molecular weight excluding hydrogens is 321 g/mol. The Morgan fingerprint density at radius 1 is 1.25 bits per heavy atom. The van der Waals surface area contributed by atoms with Crippen LogP contribution in [0.5, 0.6) is 5.75 Å². The Morgan fingerprint density at radius 2 is 2.00 bits per heavy atom. The van der Waals surface area contributed by atoms with Crippen molar-refractivity contribution in [1.82, 2.24) is 0 Å². The number of hydrogen-bond donors (Lipinski definition) is 1. The van der Waals surface area contributed by atoms with Crippen LogP contribution in [-0.4, -0.2) is 23.6 Å². The molecule has 1 aromatic rings. The summed E-state index contributed by atoms with van der Waals surface area (Å²) in [5.74, 6) is -5.20. The first-order valence-corrected chi connectivity index (χ1v) is 8.44. The molecule has 0 heterocycles. The maximum absolute atomic E-state index is 14.1. The largest absolute Gasteiger partial charge is 0.492 e. The molecule has 4 rings (SSSR count). The van der Waals surface area contributed by atoms with Crippen molar-refractivity contribution in [1.29, 1.82) is 0 Å². The smallest absolute Gasteiger partial charge is 0.338 e. The van der Waals surface area contributed by atoms with Gasteiger partial charge < -0.3 is 9.84 Å². The van der Waals surface area contributed by atoms with Gasteiger partial charge >= 0.3 is 5.97 Å². The lowest BCUT2D eigenvalue weighted by Crippen LogP contribution is -2.23. The number of aromatic carboxylic acids is 1. The molecule has 0 aliphatic heterocycles. The number of benzene rings is 1. The first-order valence-electron chi connectivity index (χ1n) is 8.44. The van der Waals surface area contributed by atoms with Gasteiger partial charge in [-0.25, -0.2) is 18.0 Å². The van der Waals surface area contributed by atoms with Gasteiger partial charge in [-0.05, 0) is 43.2 Å². The van der Waals surface area contributed by atoms with Crippen molar-refractivity contribution in [2.24, 2.45) is 11.3 Å². The standard InChI is InChI=1S/C18H19F3O3/c19-13-8-14(11(10-4-5-10)7-12(13)16(22)23)24-9-17-6-2-1-3-15(17)18(17,20)21/h7-8,10,15H,1-6,9H2,(H,22,23)/t15-,17-/m1/s1. The summed E-state index contributed by atoms with van der Waals surface area (Å²) in [6.07, 6.45) is 4.28. The molecule has 0 spiro atoms. The maximum atomic E-state index is 14.1. The van der Waals surface area contributed by atoms with Gasteiger partial charge in [-0.1, -0.05) is 12.8 Å². The number of ether oxygens (including phenoxy) is 1. The predicted octanol–water partition coefficient (Wildman–Crippen LogP) is 4.61.